The van der Waals surface area contributed by atoms with Crippen LogP contribution >= 0.6 is 59.7 Å². The molecular weight excluding hydrogens is 733 g/mol. The molecular formula is C25H35Cl2N11O7S3. The number of nitrogens with one attached hydrogen (secondary N) is 3. The van der Waals surface area contributed by atoms with E-state index in [2.05, 4.69) is 26.0 Å². The highest BCUT2D eigenvalue weighted by Gasteiger charge is 2.57. The Hall–Kier alpha value is -3.31. The molecule has 0 saturated carbocycles. The SMILES string of the molecule is COCN1C=C2N=C(C)C=C(SCC3(C(=O)O)CS[C@@H]4C(NC(=O)C(=NOC(C)(C)C(=O)NN)c5csc(N)n5)C(=O)N4C3)N2N1.Cl.Cl. The minimum Gasteiger partial charge on any atom is -0.481 e. The summed E-state index contributed by atoms with van der Waals surface area (Å²) in [6, 6.07) is -0.952. The van der Waals surface area contributed by atoms with Crippen LogP contribution in [-0.2, 0) is 28.8 Å². The van der Waals surface area contributed by atoms with Crippen LogP contribution in [0.4, 0.5) is 5.13 Å². The number of carbonyl (C=O) groups is 4. The number of thiazole rings is 1. The number of anilines is 1. The number of fused-ring (bicyclic) bond motifs is 2. The maximum Gasteiger partial charge on any atom is 0.313 e. The number of hydrogen-bond acceptors (Lipinski definition) is 17. The Bertz CT molecular complexity index is 1570. The van der Waals surface area contributed by atoms with Gasteiger partial charge in [0.1, 0.15) is 29.3 Å². The molecule has 0 spiro atoms. The Labute approximate surface area is 299 Å². The normalized spacial score (nSPS) is 23.3. The van der Waals surface area contributed by atoms with Crippen molar-refractivity contribution < 1.29 is 33.9 Å². The van der Waals surface area contributed by atoms with Crippen LogP contribution in [0.25, 0.3) is 0 Å². The van der Waals surface area contributed by atoms with E-state index in [1.54, 1.807) is 23.3 Å². The van der Waals surface area contributed by atoms with Gasteiger partial charge in [-0.1, -0.05) is 5.16 Å². The number of carbonyl (C=O) groups excluding carboxylic acids is 3. The molecule has 2 saturated heterocycles. The first-order valence-corrected chi connectivity index (χ1v) is 16.6. The van der Waals surface area contributed by atoms with Crippen LogP contribution in [-0.4, -0.2) is 109 Å². The van der Waals surface area contributed by atoms with Crippen LogP contribution < -0.4 is 27.9 Å². The predicted octanol–water partition coefficient (Wildman–Crippen LogP) is 0.0181. The number of nitrogens with two attached hydrogens (primary N) is 2. The van der Waals surface area contributed by atoms with Crippen molar-refractivity contribution in [1.82, 2.24) is 36.2 Å². The second-order valence-corrected chi connectivity index (χ2v) is 14.1. The highest BCUT2D eigenvalue weighted by molar-refractivity contribution is 8.03. The van der Waals surface area contributed by atoms with E-state index in [4.69, 9.17) is 21.2 Å². The molecule has 48 heavy (non-hydrogen) atoms. The molecule has 3 atom stereocenters. The lowest BCUT2D eigenvalue weighted by atomic mass is 9.89. The first-order chi connectivity index (χ1) is 21.8. The van der Waals surface area contributed by atoms with Gasteiger partial charge in [0.05, 0.1) is 11.2 Å². The van der Waals surface area contributed by atoms with Crippen LogP contribution in [0, 0.1) is 5.41 Å². The first-order valence-electron chi connectivity index (χ1n) is 13.7. The van der Waals surface area contributed by atoms with Gasteiger partial charge in [-0.05, 0) is 26.8 Å². The van der Waals surface area contributed by atoms with Gasteiger partial charge in [0, 0.05) is 36.3 Å². The van der Waals surface area contributed by atoms with Crippen molar-refractivity contribution in [1.29, 1.82) is 0 Å². The molecule has 0 aliphatic carbocycles. The van der Waals surface area contributed by atoms with Gasteiger partial charge in [-0.15, -0.1) is 65.2 Å². The molecule has 1 aromatic heterocycles. The smallest absolute Gasteiger partial charge is 0.313 e. The second kappa shape index (κ2) is 15.5. The Morgan fingerprint density at radius 1 is 1.33 bits per heavy atom. The van der Waals surface area contributed by atoms with Gasteiger partial charge in [0.15, 0.2) is 16.7 Å². The summed E-state index contributed by atoms with van der Waals surface area (Å²) in [6.07, 6.45) is 3.63. The number of methoxy groups -OCH3 is 1. The van der Waals surface area contributed by atoms with Gasteiger partial charge in [-0.2, -0.15) is 0 Å². The lowest BCUT2D eigenvalue weighted by Crippen LogP contribution is -2.74. The van der Waals surface area contributed by atoms with Gasteiger partial charge in [0.2, 0.25) is 11.5 Å². The molecule has 3 amide bonds. The highest BCUT2D eigenvalue weighted by Crippen LogP contribution is 2.45. The van der Waals surface area contributed by atoms with E-state index < -0.39 is 46.1 Å². The zero-order valence-corrected chi connectivity index (χ0v) is 30.1. The number of carboxylic acids is 1. The van der Waals surface area contributed by atoms with Crippen LogP contribution in [0.5, 0.6) is 0 Å². The second-order valence-electron chi connectivity index (χ2n) is 11.1. The van der Waals surface area contributed by atoms with Crippen molar-refractivity contribution in [3.05, 3.63) is 34.2 Å². The van der Waals surface area contributed by atoms with E-state index >= 15 is 0 Å². The van der Waals surface area contributed by atoms with Gasteiger partial charge in [0.25, 0.3) is 11.8 Å². The molecule has 5 rings (SSSR count). The molecule has 18 nitrogen and oxygen atoms in total. The Kier molecular flexibility index (Phi) is 12.6. The van der Waals surface area contributed by atoms with Crippen molar-refractivity contribution in [3.63, 3.8) is 0 Å². The molecule has 0 bridgehead atoms. The van der Waals surface area contributed by atoms with Gasteiger partial charge in [-0.3, -0.25) is 29.6 Å². The van der Waals surface area contributed by atoms with Crippen LogP contribution in [0.1, 0.15) is 26.5 Å². The van der Waals surface area contributed by atoms with Gasteiger partial charge < -0.3 is 30.6 Å². The number of amides is 3. The summed E-state index contributed by atoms with van der Waals surface area (Å²) in [7, 11) is 1.57. The topological polar surface area (TPSA) is 242 Å². The summed E-state index contributed by atoms with van der Waals surface area (Å²) in [5, 5.41) is 22.2. The van der Waals surface area contributed by atoms with Crippen molar-refractivity contribution in [2.75, 3.05) is 37.6 Å². The fourth-order valence-corrected chi connectivity index (χ4v) is 8.20. The third kappa shape index (κ3) is 7.77. The molecule has 2 fully saturated rings. The maximum atomic E-state index is 13.4. The lowest BCUT2D eigenvalue weighted by molar-refractivity contribution is -0.157. The Morgan fingerprint density at radius 3 is 2.69 bits per heavy atom. The summed E-state index contributed by atoms with van der Waals surface area (Å²) >= 11 is 3.67. The molecule has 4 aliphatic heterocycles. The number of rotatable bonds is 12. The van der Waals surface area contributed by atoms with Gasteiger partial charge >= 0.3 is 5.97 Å². The number of allylic oxidation sites excluding steroid dienone is 1. The summed E-state index contributed by atoms with van der Waals surface area (Å²) < 4.78 is 5.18. The molecule has 0 aromatic carbocycles. The Balaban J connectivity index is 0.00000312. The first kappa shape index (κ1) is 39.1. The number of ether oxygens (including phenoxy) is 1. The van der Waals surface area contributed by atoms with Crippen molar-refractivity contribution in [2.45, 2.75) is 37.8 Å². The van der Waals surface area contributed by atoms with Crippen LogP contribution in [0.15, 0.2) is 38.7 Å². The molecule has 2 unspecified atom stereocenters. The monoisotopic (exact) mass is 767 g/mol. The number of aliphatic carboxylic acids is 1. The number of oxime groups is 1. The number of carboxylic acid groups (broad SMARTS) is 1. The number of aromatic nitrogens is 1. The number of β-lactam (4-membered cyclic amide) rings is 1. The number of thioether (sulfide) groups is 2. The molecule has 4 aliphatic rings. The Morgan fingerprint density at radius 2 is 2.06 bits per heavy atom. The molecule has 1 aromatic rings. The summed E-state index contributed by atoms with van der Waals surface area (Å²) in [5.74, 6) is 3.25. The number of hydrogen-bond donors (Lipinski definition) is 6. The van der Waals surface area contributed by atoms with E-state index in [1.165, 1.54) is 47.7 Å². The van der Waals surface area contributed by atoms with E-state index in [1.807, 2.05) is 18.4 Å². The standard InChI is InChI=1S/C25H33N11O7S3.2ClH/c1-12-5-15(36-14(28-12)6-34(33-36)11-42-4)45-9-25(22(40)41)8-35-19(38)17(20(35)46-10-25)30-18(37)16(13-7-44-23(26)29-13)32-43-24(2,3)21(39)31-27;;/h5-7,17,20,33H,8-11,27H2,1-4H3,(H2,26,29)(H,30,37)(H,31,39)(H,40,41);2*1H/t17?,20-,25?;;/m1../s1. The zero-order valence-electron chi connectivity index (χ0n) is 26.0. The molecule has 5 heterocycles. The van der Waals surface area contributed by atoms with E-state index in [9.17, 15) is 24.3 Å². The number of halogens is 2. The number of nitrogens with zero attached hydrogens (tertiary/aromatic N) is 6. The lowest BCUT2D eigenvalue weighted by Gasteiger charge is -2.53. The van der Waals surface area contributed by atoms with Crippen molar-refractivity contribution >= 4 is 99.9 Å². The van der Waals surface area contributed by atoms with E-state index in [0.717, 1.165) is 22.1 Å². The number of aliphatic imine (C=N–C) groups is 1. The fourth-order valence-electron chi connectivity index (χ4n) is 4.72. The molecule has 8 N–H and O–H groups in total. The number of nitrogen functional groups attached to an aromatic ring is 1. The third-order valence-electron chi connectivity index (χ3n) is 7.24. The largest absolute Gasteiger partial charge is 0.481 e. The summed E-state index contributed by atoms with van der Waals surface area (Å²) in [4.78, 5) is 66.8. The minimum absolute atomic E-state index is 0. The van der Waals surface area contributed by atoms with Crippen LogP contribution in [0.3, 0.4) is 0 Å². The van der Waals surface area contributed by atoms with Gasteiger partial charge in [-0.25, -0.2) is 20.8 Å². The summed E-state index contributed by atoms with van der Waals surface area (Å²) in [5.41, 5.74) is 8.59. The zero-order chi connectivity index (χ0) is 33.4. The fraction of sp³-hybridized carbons (Fsp3) is 0.480. The third-order valence-corrected chi connectivity index (χ3v) is 10.8. The number of hydrazine groups is 3. The molecule has 0 radical (unpaired) electrons. The minimum atomic E-state index is -1.53. The molecule has 23 heteroatoms. The average Bonchev–Trinajstić information content (AvgIpc) is 3.63. The predicted molar refractivity (Wildman–Crippen MR) is 185 cm³/mol. The molecule has 264 valence electrons. The van der Waals surface area contributed by atoms with Crippen molar-refractivity contribution in [2.24, 2.45) is 21.4 Å². The highest BCUT2D eigenvalue weighted by atomic mass is 35.5. The van der Waals surface area contributed by atoms with Crippen molar-refractivity contribution in [3.8, 4) is 0 Å². The maximum absolute atomic E-state index is 13.4. The summed E-state index contributed by atoms with van der Waals surface area (Å²) in [6.45, 7) is 4.88. The van der Waals surface area contributed by atoms with E-state index in [0.29, 0.717) is 5.82 Å². The quantitative estimate of drug-likeness (QED) is 0.0540. The van der Waals surface area contributed by atoms with Crippen LogP contribution in [0.2, 0.25) is 0 Å². The van der Waals surface area contributed by atoms with E-state index in [-0.39, 0.29) is 66.1 Å². The average molecular weight is 769 g/mol.